The molecule has 1 fully saturated rings. The molecule has 2 aromatic carbocycles. The lowest BCUT2D eigenvalue weighted by molar-refractivity contribution is -0.126. The van der Waals surface area contributed by atoms with Crippen molar-refractivity contribution in [2.75, 3.05) is 13.1 Å². The lowest BCUT2D eigenvalue weighted by atomic mass is 9.90. The third-order valence-electron chi connectivity index (χ3n) is 4.65. The molecule has 0 saturated carbocycles. The average Bonchev–Trinajstić information content (AvgIpc) is 2.63. The lowest BCUT2D eigenvalue weighted by Crippen LogP contribution is -2.39. The van der Waals surface area contributed by atoms with Gasteiger partial charge in [-0.05, 0) is 36.3 Å². The molecule has 0 aliphatic carbocycles. The minimum Gasteiger partial charge on any atom is -0.339 e. The van der Waals surface area contributed by atoms with Crippen molar-refractivity contribution in [3.63, 3.8) is 0 Å². The van der Waals surface area contributed by atoms with Crippen LogP contribution in [0.1, 0.15) is 24.0 Å². The van der Waals surface area contributed by atoms with Crippen LogP contribution in [-0.2, 0) is 11.2 Å². The van der Waals surface area contributed by atoms with Crippen molar-refractivity contribution in [3.05, 3.63) is 78.4 Å². The number of benzene rings is 2. The summed E-state index contributed by atoms with van der Waals surface area (Å²) >= 11 is 0. The quantitative estimate of drug-likeness (QED) is 0.776. The van der Waals surface area contributed by atoms with Crippen LogP contribution in [0.4, 0.5) is 0 Å². The number of hydrogen-bond donors (Lipinski definition) is 0. The van der Waals surface area contributed by atoms with Gasteiger partial charge in [0.2, 0.25) is 0 Å². The first kappa shape index (κ1) is 15.5. The summed E-state index contributed by atoms with van der Waals surface area (Å²) in [6.45, 7) is 5.67. The molecular weight excluding hydrogens is 282 g/mol. The van der Waals surface area contributed by atoms with Crippen LogP contribution in [0.15, 0.2) is 67.2 Å². The van der Waals surface area contributed by atoms with Gasteiger partial charge >= 0.3 is 0 Å². The van der Waals surface area contributed by atoms with Gasteiger partial charge in [-0.1, -0.05) is 67.2 Å². The fourth-order valence-electron chi connectivity index (χ4n) is 3.24. The molecule has 2 aromatic rings. The minimum atomic E-state index is 0.0781. The molecule has 0 atom stereocenters. The summed E-state index contributed by atoms with van der Waals surface area (Å²) in [4.78, 5) is 14.5. The van der Waals surface area contributed by atoms with Crippen LogP contribution in [0.5, 0.6) is 0 Å². The molecule has 3 rings (SSSR count). The predicted octanol–water partition coefficient (Wildman–Crippen LogP) is 4.18. The van der Waals surface area contributed by atoms with Crippen LogP contribution in [0.25, 0.3) is 5.57 Å². The Labute approximate surface area is 138 Å². The largest absolute Gasteiger partial charge is 0.339 e. The number of likely N-dealkylation sites (tertiary alicyclic amines) is 1. The Balaban J connectivity index is 1.54. The van der Waals surface area contributed by atoms with E-state index >= 15 is 0 Å². The summed E-state index contributed by atoms with van der Waals surface area (Å²) in [5.74, 6) is 0.751. The topological polar surface area (TPSA) is 20.3 Å². The highest BCUT2D eigenvalue weighted by atomic mass is 16.2. The first-order valence-electron chi connectivity index (χ1n) is 8.31. The monoisotopic (exact) mass is 305 g/mol. The van der Waals surface area contributed by atoms with Crippen molar-refractivity contribution in [3.8, 4) is 0 Å². The molecule has 1 saturated heterocycles. The number of carbonyl (C=O) groups excluding carboxylic acids is 1. The van der Waals surface area contributed by atoms with Crippen LogP contribution in [0, 0.1) is 5.92 Å². The molecular formula is C21H23NO. The molecule has 0 aromatic heterocycles. The zero-order chi connectivity index (χ0) is 16.1. The standard InChI is InChI=1S/C21H23NO/c1-17(20-10-6-3-7-11-20)21(23)22-14-12-19(13-15-22)16-18-8-4-2-5-9-18/h2-11,19H,1,12-16H2. The summed E-state index contributed by atoms with van der Waals surface area (Å²) in [6, 6.07) is 20.4. The number of piperidine rings is 1. The predicted molar refractivity (Wildman–Crippen MR) is 94.9 cm³/mol. The van der Waals surface area contributed by atoms with Gasteiger partial charge in [0.25, 0.3) is 5.91 Å². The average molecular weight is 305 g/mol. The molecule has 0 spiro atoms. The van der Waals surface area contributed by atoms with Gasteiger partial charge in [0.15, 0.2) is 0 Å². The second-order valence-electron chi connectivity index (χ2n) is 6.27. The van der Waals surface area contributed by atoms with Gasteiger partial charge in [-0.3, -0.25) is 4.79 Å². The van der Waals surface area contributed by atoms with Gasteiger partial charge < -0.3 is 4.90 Å². The van der Waals surface area contributed by atoms with Crippen molar-refractivity contribution in [1.82, 2.24) is 4.90 Å². The van der Waals surface area contributed by atoms with E-state index in [0.717, 1.165) is 37.9 Å². The van der Waals surface area contributed by atoms with E-state index in [0.29, 0.717) is 11.5 Å². The normalized spacial score (nSPS) is 15.4. The summed E-state index contributed by atoms with van der Waals surface area (Å²) in [5.41, 5.74) is 2.92. The van der Waals surface area contributed by atoms with E-state index in [4.69, 9.17) is 0 Å². The third-order valence-corrected chi connectivity index (χ3v) is 4.65. The molecule has 118 valence electrons. The van der Waals surface area contributed by atoms with Crippen LogP contribution in [0.3, 0.4) is 0 Å². The van der Waals surface area contributed by atoms with E-state index < -0.39 is 0 Å². The van der Waals surface area contributed by atoms with E-state index in [2.05, 4.69) is 36.9 Å². The maximum Gasteiger partial charge on any atom is 0.253 e. The van der Waals surface area contributed by atoms with Gasteiger partial charge in [0, 0.05) is 18.7 Å². The Bertz CT molecular complexity index is 655. The first-order chi connectivity index (χ1) is 11.2. The zero-order valence-corrected chi connectivity index (χ0v) is 13.4. The SMILES string of the molecule is C=C(C(=O)N1CCC(Cc2ccccc2)CC1)c1ccccc1. The Morgan fingerprint density at radius 1 is 0.957 bits per heavy atom. The molecule has 2 heteroatoms. The fraction of sp³-hybridized carbons (Fsp3) is 0.286. The van der Waals surface area contributed by atoms with Crippen molar-refractivity contribution in [1.29, 1.82) is 0 Å². The molecule has 0 unspecified atom stereocenters. The van der Waals surface area contributed by atoms with E-state index in [1.54, 1.807) is 0 Å². The van der Waals surface area contributed by atoms with Gasteiger partial charge in [0.05, 0.1) is 0 Å². The molecule has 1 aliphatic heterocycles. The van der Waals surface area contributed by atoms with Gasteiger partial charge in [-0.2, -0.15) is 0 Å². The molecule has 1 amide bonds. The van der Waals surface area contributed by atoms with Crippen LogP contribution < -0.4 is 0 Å². The van der Waals surface area contributed by atoms with E-state index in [1.165, 1.54) is 5.56 Å². The summed E-state index contributed by atoms with van der Waals surface area (Å²) in [6.07, 6.45) is 3.26. The number of rotatable bonds is 4. The van der Waals surface area contributed by atoms with E-state index in [-0.39, 0.29) is 5.91 Å². The highest BCUT2D eigenvalue weighted by molar-refractivity contribution is 6.18. The zero-order valence-electron chi connectivity index (χ0n) is 13.4. The van der Waals surface area contributed by atoms with Gasteiger partial charge in [-0.15, -0.1) is 0 Å². The summed E-state index contributed by atoms with van der Waals surface area (Å²) in [5, 5.41) is 0. The fourth-order valence-corrected chi connectivity index (χ4v) is 3.24. The molecule has 0 N–H and O–H groups in total. The molecule has 1 aliphatic rings. The lowest BCUT2D eigenvalue weighted by Gasteiger charge is -2.32. The van der Waals surface area contributed by atoms with Crippen LogP contribution >= 0.6 is 0 Å². The van der Waals surface area contributed by atoms with Gasteiger partial charge in [-0.25, -0.2) is 0 Å². The number of carbonyl (C=O) groups is 1. The molecule has 0 bridgehead atoms. The Morgan fingerprint density at radius 2 is 1.52 bits per heavy atom. The molecule has 2 nitrogen and oxygen atoms in total. The third kappa shape index (κ3) is 3.89. The molecule has 0 radical (unpaired) electrons. The second-order valence-corrected chi connectivity index (χ2v) is 6.27. The minimum absolute atomic E-state index is 0.0781. The maximum absolute atomic E-state index is 12.6. The van der Waals surface area contributed by atoms with Crippen molar-refractivity contribution in [2.24, 2.45) is 5.92 Å². The van der Waals surface area contributed by atoms with E-state index in [1.807, 2.05) is 35.2 Å². The van der Waals surface area contributed by atoms with Crippen molar-refractivity contribution < 1.29 is 4.79 Å². The van der Waals surface area contributed by atoms with Gasteiger partial charge in [0.1, 0.15) is 0 Å². The number of nitrogens with zero attached hydrogens (tertiary/aromatic N) is 1. The number of hydrogen-bond acceptors (Lipinski definition) is 1. The second kappa shape index (κ2) is 7.28. The smallest absolute Gasteiger partial charge is 0.253 e. The van der Waals surface area contributed by atoms with Crippen LogP contribution in [-0.4, -0.2) is 23.9 Å². The van der Waals surface area contributed by atoms with Crippen molar-refractivity contribution in [2.45, 2.75) is 19.3 Å². The first-order valence-corrected chi connectivity index (χ1v) is 8.31. The Morgan fingerprint density at radius 3 is 2.13 bits per heavy atom. The summed E-state index contributed by atoms with van der Waals surface area (Å²) in [7, 11) is 0. The number of amides is 1. The van der Waals surface area contributed by atoms with Crippen LogP contribution in [0.2, 0.25) is 0 Å². The maximum atomic E-state index is 12.6. The van der Waals surface area contributed by atoms with E-state index in [9.17, 15) is 4.79 Å². The molecule has 23 heavy (non-hydrogen) atoms. The Hall–Kier alpha value is -2.35. The molecule has 1 heterocycles. The highest BCUT2D eigenvalue weighted by Gasteiger charge is 2.24. The summed E-state index contributed by atoms with van der Waals surface area (Å²) < 4.78 is 0. The Kier molecular flexibility index (Phi) is 4.92. The highest BCUT2D eigenvalue weighted by Crippen LogP contribution is 2.24. The van der Waals surface area contributed by atoms with Crippen molar-refractivity contribution >= 4 is 11.5 Å².